The second-order valence-electron chi connectivity index (χ2n) is 17.8. The van der Waals surface area contributed by atoms with Crippen LogP contribution in [-0.4, -0.2) is 0 Å². The second kappa shape index (κ2) is 16.6. The van der Waals surface area contributed by atoms with Crippen LogP contribution in [0.2, 0.25) is 0 Å². The minimum absolute atomic E-state index is 0.104. The molecular formula is C66H44O2. The van der Waals surface area contributed by atoms with Crippen molar-refractivity contribution in [1.29, 1.82) is 0 Å². The number of hydrogen-bond donors (Lipinski definition) is 0. The molecule has 0 fully saturated rings. The molecule has 1 aromatic heterocycles. The maximum absolute atomic E-state index is 6.90. The highest BCUT2D eigenvalue weighted by atomic mass is 16.5. The molecule has 0 radical (unpaired) electrons. The first kappa shape index (κ1) is 39.6. The summed E-state index contributed by atoms with van der Waals surface area (Å²) in [4.78, 5) is 0. The summed E-state index contributed by atoms with van der Waals surface area (Å²) >= 11 is 0. The molecule has 0 bridgehead atoms. The third kappa shape index (κ3) is 6.81. The summed E-state index contributed by atoms with van der Waals surface area (Å²) < 4.78 is 13.7. The minimum atomic E-state index is -0.104. The van der Waals surface area contributed by atoms with Gasteiger partial charge in [-0.2, -0.15) is 0 Å². The predicted octanol–water partition coefficient (Wildman–Crippen LogP) is 18.0. The zero-order chi connectivity index (χ0) is 45.0. The van der Waals surface area contributed by atoms with Crippen LogP contribution in [0, 0.1) is 0 Å². The van der Waals surface area contributed by atoms with Crippen molar-refractivity contribution < 1.29 is 9.15 Å². The van der Waals surface area contributed by atoms with Crippen LogP contribution in [0.25, 0.3) is 99.5 Å². The lowest BCUT2D eigenvalue weighted by Crippen LogP contribution is -2.11. The standard InChI is InChI=1S/C66H44O2/c1-5-19-43(20-6-1)63-57-37-35-49(41-59(57)67-65(63)45-23-9-3-10-24-45)47-27-17-29-51(39-47)61-53-31-13-15-33-55(53)62(56-34-16-14-32-54(56)61)52-30-18-28-48(40-52)50-36-38-58-60(42-50)68-66(46-25-11-4-12-26-46)64(58)44-21-7-2-8-22-44/h1-42,63,65H. The highest BCUT2D eigenvalue weighted by molar-refractivity contribution is 6.21. The first-order valence-corrected chi connectivity index (χ1v) is 23.5. The molecule has 2 heterocycles. The van der Waals surface area contributed by atoms with Crippen LogP contribution in [0.4, 0.5) is 0 Å². The molecule has 2 heteroatoms. The van der Waals surface area contributed by atoms with Gasteiger partial charge in [-0.3, -0.25) is 0 Å². The number of furan rings is 1. The van der Waals surface area contributed by atoms with Crippen LogP contribution < -0.4 is 4.74 Å². The summed E-state index contributed by atoms with van der Waals surface area (Å²) in [7, 11) is 0. The predicted molar refractivity (Wildman–Crippen MR) is 282 cm³/mol. The van der Waals surface area contributed by atoms with Crippen molar-refractivity contribution in [2.24, 2.45) is 0 Å². The Kier molecular flexibility index (Phi) is 9.68. The Morgan fingerprint density at radius 3 is 1.29 bits per heavy atom. The Labute approximate surface area is 396 Å². The Bertz CT molecular complexity index is 3760. The van der Waals surface area contributed by atoms with E-state index < -0.39 is 0 Å². The second-order valence-corrected chi connectivity index (χ2v) is 17.8. The van der Waals surface area contributed by atoms with Gasteiger partial charge in [0.25, 0.3) is 0 Å². The van der Waals surface area contributed by atoms with Gasteiger partial charge in [0.2, 0.25) is 0 Å². The zero-order valence-electron chi connectivity index (χ0n) is 37.2. The Hall–Kier alpha value is -8.72. The molecule has 1 aliphatic rings. The molecule has 320 valence electrons. The summed E-state index contributed by atoms with van der Waals surface area (Å²) in [6.07, 6.45) is -0.104. The monoisotopic (exact) mass is 868 g/mol. The summed E-state index contributed by atoms with van der Waals surface area (Å²) in [6.45, 7) is 0. The van der Waals surface area contributed by atoms with E-state index in [-0.39, 0.29) is 12.0 Å². The van der Waals surface area contributed by atoms with Crippen molar-refractivity contribution in [2.45, 2.75) is 12.0 Å². The molecule has 0 amide bonds. The largest absolute Gasteiger partial charge is 0.484 e. The maximum atomic E-state index is 6.90. The van der Waals surface area contributed by atoms with E-state index in [1.165, 1.54) is 60.5 Å². The summed E-state index contributed by atoms with van der Waals surface area (Å²) in [5, 5.41) is 5.97. The van der Waals surface area contributed by atoms with Gasteiger partial charge in [0.05, 0.1) is 5.92 Å². The Morgan fingerprint density at radius 2 is 0.721 bits per heavy atom. The van der Waals surface area contributed by atoms with Gasteiger partial charge >= 0.3 is 0 Å². The van der Waals surface area contributed by atoms with E-state index in [1.54, 1.807) is 0 Å². The van der Waals surface area contributed by atoms with Crippen molar-refractivity contribution in [3.8, 4) is 72.7 Å². The molecule has 13 rings (SSSR count). The smallest absolute Gasteiger partial charge is 0.143 e. The number of fused-ring (bicyclic) bond motifs is 4. The number of hydrogen-bond acceptors (Lipinski definition) is 2. The molecule has 2 atom stereocenters. The van der Waals surface area contributed by atoms with Crippen molar-refractivity contribution in [2.75, 3.05) is 0 Å². The molecule has 11 aromatic carbocycles. The van der Waals surface area contributed by atoms with E-state index in [0.717, 1.165) is 61.4 Å². The third-order valence-electron chi connectivity index (χ3n) is 13.9. The number of rotatable bonds is 8. The average Bonchev–Trinajstić information content (AvgIpc) is 4.00. The number of ether oxygens (including phenoxy) is 1. The van der Waals surface area contributed by atoms with Crippen LogP contribution >= 0.6 is 0 Å². The molecule has 0 aliphatic carbocycles. The molecule has 12 aromatic rings. The lowest BCUT2D eigenvalue weighted by molar-refractivity contribution is 0.222. The van der Waals surface area contributed by atoms with Crippen LogP contribution in [0.5, 0.6) is 5.75 Å². The van der Waals surface area contributed by atoms with Gasteiger partial charge in [-0.05, 0) is 113 Å². The van der Waals surface area contributed by atoms with Crippen LogP contribution in [0.3, 0.4) is 0 Å². The van der Waals surface area contributed by atoms with E-state index in [1.807, 2.05) is 6.07 Å². The number of benzene rings is 11. The highest BCUT2D eigenvalue weighted by Gasteiger charge is 2.37. The fourth-order valence-corrected chi connectivity index (χ4v) is 10.8. The Morgan fingerprint density at radius 1 is 0.279 bits per heavy atom. The molecule has 2 unspecified atom stereocenters. The van der Waals surface area contributed by atoms with Gasteiger partial charge in [0.1, 0.15) is 23.2 Å². The topological polar surface area (TPSA) is 22.4 Å². The van der Waals surface area contributed by atoms with E-state index >= 15 is 0 Å². The molecule has 2 nitrogen and oxygen atoms in total. The SMILES string of the molecule is c1ccc(-c2oc3cc(-c4cccc(-c5c6ccccc6c(-c6cccc(-c7ccc8c(c7)OC(c7ccccc7)C8c7ccccc7)c6)c6ccccc56)c4)ccc3c2-c2ccccc2)cc1. The third-order valence-corrected chi connectivity index (χ3v) is 13.9. The minimum Gasteiger partial charge on any atom is -0.484 e. The van der Waals surface area contributed by atoms with Gasteiger partial charge in [-0.1, -0.05) is 224 Å². The first-order chi connectivity index (χ1) is 33.7. The van der Waals surface area contributed by atoms with Gasteiger partial charge < -0.3 is 9.15 Å². The molecule has 0 saturated carbocycles. The van der Waals surface area contributed by atoms with Crippen LogP contribution in [0.15, 0.2) is 259 Å². The van der Waals surface area contributed by atoms with Gasteiger partial charge in [-0.25, -0.2) is 0 Å². The average molecular weight is 869 g/mol. The highest BCUT2D eigenvalue weighted by Crippen LogP contribution is 2.51. The lowest BCUT2D eigenvalue weighted by Gasteiger charge is -2.20. The first-order valence-electron chi connectivity index (χ1n) is 23.5. The molecule has 0 N–H and O–H groups in total. The summed E-state index contributed by atoms with van der Waals surface area (Å²) in [5.74, 6) is 1.93. The molecular weight excluding hydrogens is 825 g/mol. The normalized spacial score (nSPS) is 14.3. The van der Waals surface area contributed by atoms with Crippen molar-refractivity contribution in [3.05, 3.63) is 271 Å². The van der Waals surface area contributed by atoms with E-state index in [0.29, 0.717) is 0 Å². The van der Waals surface area contributed by atoms with Crippen LogP contribution in [-0.2, 0) is 0 Å². The molecule has 1 aliphatic heterocycles. The quantitative estimate of drug-likeness (QED) is 0.142. The fraction of sp³-hybridized carbons (Fsp3) is 0.0303. The van der Waals surface area contributed by atoms with Gasteiger partial charge in [0, 0.05) is 22.1 Å². The summed E-state index contributed by atoms with van der Waals surface area (Å²) in [5.41, 5.74) is 17.2. The maximum Gasteiger partial charge on any atom is 0.143 e. The van der Waals surface area contributed by atoms with E-state index in [4.69, 9.17) is 9.15 Å². The summed E-state index contributed by atoms with van der Waals surface area (Å²) in [6, 6.07) is 91.7. The van der Waals surface area contributed by atoms with Crippen molar-refractivity contribution >= 4 is 32.5 Å². The van der Waals surface area contributed by atoms with E-state index in [9.17, 15) is 0 Å². The molecule has 68 heavy (non-hydrogen) atoms. The van der Waals surface area contributed by atoms with Crippen molar-refractivity contribution in [1.82, 2.24) is 0 Å². The zero-order valence-corrected chi connectivity index (χ0v) is 37.2. The molecule has 0 saturated heterocycles. The fourth-order valence-electron chi connectivity index (χ4n) is 10.8. The van der Waals surface area contributed by atoms with Crippen molar-refractivity contribution in [3.63, 3.8) is 0 Å². The lowest BCUT2D eigenvalue weighted by atomic mass is 9.84. The molecule has 0 spiro atoms. The van der Waals surface area contributed by atoms with Gasteiger partial charge in [0.15, 0.2) is 0 Å². The Balaban J connectivity index is 0.901. The van der Waals surface area contributed by atoms with E-state index in [2.05, 4.69) is 249 Å². The van der Waals surface area contributed by atoms with Gasteiger partial charge in [-0.15, -0.1) is 0 Å². The van der Waals surface area contributed by atoms with Crippen LogP contribution in [0.1, 0.15) is 28.7 Å².